The smallest absolute Gasteiger partial charge is 0.122 e. The minimum Gasteiger partial charge on any atom is -0.496 e. The maximum absolute atomic E-state index is 5.26. The Labute approximate surface area is 88.2 Å². The van der Waals surface area contributed by atoms with Gasteiger partial charge < -0.3 is 4.74 Å². The van der Waals surface area contributed by atoms with Crippen LogP contribution >= 0.6 is 15.9 Å². The summed E-state index contributed by atoms with van der Waals surface area (Å²) in [7, 11) is 1.72. The Morgan fingerprint density at radius 1 is 1.38 bits per heavy atom. The summed E-state index contributed by atoms with van der Waals surface area (Å²) < 4.78 is 5.26. The van der Waals surface area contributed by atoms with Crippen molar-refractivity contribution in [2.24, 2.45) is 0 Å². The van der Waals surface area contributed by atoms with Crippen molar-refractivity contribution in [3.05, 3.63) is 29.8 Å². The molecule has 13 heavy (non-hydrogen) atoms. The molecule has 0 aromatic heterocycles. The summed E-state index contributed by atoms with van der Waals surface area (Å²) in [5.74, 6) is 0.996. The maximum Gasteiger partial charge on any atom is 0.122 e. The second-order valence-electron chi connectivity index (χ2n) is 3.13. The van der Waals surface area contributed by atoms with E-state index in [-0.39, 0.29) is 0 Å². The zero-order valence-electron chi connectivity index (χ0n) is 8.09. The standard InChI is InChI=1S/C11H15BrO/c1-9(12)7-8-10-5-3-4-6-11(10)13-2/h3-6,9H,7-8H2,1-2H3. The van der Waals surface area contributed by atoms with Gasteiger partial charge in [-0.15, -0.1) is 0 Å². The Morgan fingerprint density at radius 2 is 2.08 bits per heavy atom. The Bertz CT molecular complexity index is 258. The summed E-state index contributed by atoms with van der Waals surface area (Å²) >= 11 is 3.54. The highest BCUT2D eigenvalue weighted by Crippen LogP contribution is 2.20. The van der Waals surface area contributed by atoms with E-state index >= 15 is 0 Å². The van der Waals surface area contributed by atoms with Gasteiger partial charge in [0.15, 0.2) is 0 Å². The maximum atomic E-state index is 5.26. The molecule has 0 bridgehead atoms. The molecule has 1 nitrogen and oxygen atoms in total. The van der Waals surface area contributed by atoms with E-state index in [1.807, 2.05) is 12.1 Å². The molecule has 1 aromatic carbocycles. The number of hydrogen-bond donors (Lipinski definition) is 0. The van der Waals surface area contributed by atoms with Crippen LogP contribution < -0.4 is 4.74 Å². The number of halogens is 1. The Balaban J connectivity index is 2.64. The second-order valence-corrected chi connectivity index (χ2v) is 4.69. The molecule has 0 amide bonds. The van der Waals surface area contributed by atoms with Crippen molar-refractivity contribution >= 4 is 15.9 Å². The van der Waals surface area contributed by atoms with Crippen molar-refractivity contribution in [1.29, 1.82) is 0 Å². The largest absolute Gasteiger partial charge is 0.496 e. The molecule has 0 saturated heterocycles. The molecular weight excluding hydrogens is 228 g/mol. The lowest BCUT2D eigenvalue weighted by Gasteiger charge is -2.08. The summed E-state index contributed by atoms with van der Waals surface area (Å²) in [5.41, 5.74) is 1.29. The molecule has 72 valence electrons. The first-order valence-electron chi connectivity index (χ1n) is 4.50. The van der Waals surface area contributed by atoms with Crippen molar-refractivity contribution in [3.8, 4) is 5.75 Å². The van der Waals surface area contributed by atoms with E-state index in [4.69, 9.17) is 4.74 Å². The van der Waals surface area contributed by atoms with Gasteiger partial charge in [0.2, 0.25) is 0 Å². The van der Waals surface area contributed by atoms with Gasteiger partial charge >= 0.3 is 0 Å². The topological polar surface area (TPSA) is 9.23 Å². The van der Waals surface area contributed by atoms with Gasteiger partial charge in [0.1, 0.15) is 5.75 Å². The van der Waals surface area contributed by atoms with Crippen LogP contribution in [0.25, 0.3) is 0 Å². The summed E-state index contributed by atoms with van der Waals surface area (Å²) in [5, 5.41) is 0. The van der Waals surface area contributed by atoms with E-state index < -0.39 is 0 Å². The first-order valence-corrected chi connectivity index (χ1v) is 5.41. The van der Waals surface area contributed by atoms with E-state index in [1.54, 1.807) is 7.11 Å². The lowest BCUT2D eigenvalue weighted by molar-refractivity contribution is 0.409. The molecule has 1 atom stereocenters. The highest BCUT2D eigenvalue weighted by Gasteiger charge is 2.02. The fraction of sp³-hybridized carbons (Fsp3) is 0.455. The fourth-order valence-corrected chi connectivity index (χ4v) is 1.49. The SMILES string of the molecule is COc1ccccc1CCC(C)Br. The minimum absolute atomic E-state index is 0.567. The molecule has 0 heterocycles. The summed E-state index contributed by atoms with van der Waals surface area (Å²) in [6.07, 6.45) is 2.21. The van der Waals surface area contributed by atoms with Crippen molar-refractivity contribution in [3.63, 3.8) is 0 Å². The van der Waals surface area contributed by atoms with Crippen LogP contribution in [0.1, 0.15) is 18.9 Å². The molecule has 0 N–H and O–H groups in total. The number of rotatable bonds is 4. The molecule has 1 rings (SSSR count). The van der Waals surface area contributed by atoms with Crippen molar-refractivity contribution in [2.75, 3.05) is 7.11 Å². The zero-order chi connectivity index (χ0) is 9.68. The third-order valence-corrected chi connectivity index (χ3v) is 2.46. The highest BCUT2D eigenvalue weighted by molar-refractivity contribution is 9.09. The summed E-state index contributed by atoms with van der Waals surface area (Å²) in [4.78, 5) is 0.567. The van der Waals surface area contributed by atoms with Crippen molar-refractivity contribution < 1.29 is 4.74 Å². The van der Waals surface area contributed by atoms with Crippen LogP contribution in [-0.4, -0.2) is 11.9 Å². The summed E-state index contributed by atoms with van der Waals surface area (Å²) in [6, 6.07) is 8.18. The van der Waals surface area contributed by atoms with Gasteiger partial charge in [-0.05, 0) is 24.5 Å². The van der Waals surface area contributed by atoms with Gasteiger partial charge in [-0.3, -0.25) is 0 Å². The van der Waals surface area contributed by atoms with Crippen molar-refractivity contribution in [1.82, 2.24) is 0 Å². The number of methoxy groups -OCH3 is 1. The minimum atomic E-state index is 0.567. The number of ether oxygens (including phenoxy) is 1. The number of hydrogen-bond acceptors (Lipinski definition) is 1. The molecular formula is C11H15BrO. The van der Waals surface area contributed by atoms with E-state index in [0.29, 0.717) is 4.83 Å². The van der Waals surface area contributed by atoms with Crippen LogP contribution in [0.4, 0.5) is 0 Å². The lowest BCUT2D eigenvalue weighted by Crippen LogP contribution is -1.96. The molecule has 2 heteroatoms. The normalized spacial score (nSPS) is 12.5. The van der Waals surface area contributed by atoms with Crippen LogP contribution in [0.3, 0.4) is 0 Å². The third-order valence-electron chi connectivity index (χ3n) is 2.00. The monoisotopic (exact) mass is 242 g/mol. The van der Waals surface area contributed by atoms with Crippen LogP contribution in [-0.2, 0) is 6.42 Å². The van der Waals surface area contributed by atoms with Gasteiger partial charge in [-0.1, -0.05) is 41.1 Å². The number of alkyl halides is 1. The highest BCUT2D eigenvalue weighted by atomic mass is 79.9. The second kappa shape index (κ2) is 5.28. The molecule has 0 spiro atoms. The molecule has 1 aromatic rings. The molecule has 0 aliphatic heterocycles. The zero-order valence-corrected chi connectivity index (χ0v) is 9.67. The van der Waals surface area contributed by atoms with Gasteiger partial charge in [0.25, 0.3) is 0 Å². The third kappa shape index (κ3) is 3.39. The first-order chi connectivity index (χ1) is 6.24. The Hall–Kier alpha value is -0.500. The molecule has 0 fully saturated rings. The molecule has 1 unspecified atom stereocenters. The van der Waals surface area contributed by atoms with E-state index in [1.165, 1.54) is 5.56 Å². The average Bonchev–Trinajstić information content (AvgIpc) is 2.15. The van der Waals surface area contributed by atoms with Crippen molar-refractivity contribution in [2.45, 2.75) is 24.6 Å². The Morgan fingerprint density at radius 3 is 2.69 bits per heavy atom. The molecule has 0 radical (unpaired) electrons. The van der Waals surface area contributed by atoms with Gasteiger partial charge in [0, 0.05) is 4.83 Å². The van der Waals surface area contributed by atoms with Gasteiger partial charge in [-0.2, -0.15) is 0 Å². The van der Waals surface area contributed by atoms with E-state index in [0.717, 1.165) is 18.6 Å². The van der Waals surface area contributed by atoms with E-state index in [2.05, 4.69) is 35.0 Å². The van der Waals surface area contributed by atoms with Gasteiger partial charge in [-0.25, -0.2) is 0 Å². The predicted octanol–water partition coefficient (Wildman–Crippen LogP) is 3.41. The number of aryl methyl sites for hydroxylation is 1. The quantitative estimate of drug-likeness (QED) is 0.736. The van der Waals surface area contributed by atoms with Crippen LogP contribution in [0.5, 0.6) is 5.75 Å². The number of para-hydroxylation sites is 1. The predicted molar refractivity (Wildman–Crippen MR) is 59.7 cm³/mol. The van der Waals surface area contributed by atoms with Crippen LogP contribution in [0.15, 0.2) is 24.3 Å². The average molecular weight is 243 g/mol. The van der Waals surface area contributed by atoms with Crippen LogP contribution in [0.2, 0.25) is 0 Å². The number of benzene rings is 1. The summed E-state index contributed by atoms with van der Waals surface area (Å²) in [6.45, 7) is 2.16. The molecule has 0 saturated carbocycles. The Kier molecular flexibility index (Phi) is 4.29. The fourth-order valence-electron chi connectivity index (χ4n) is 1.26. The first kappa shape index (κ1) is 10.6. The lowest BCUT2D eigenvalue weighted by atomic mass is 10.1. The molecule has 0 aliphatic rings. The van der Waals surface area contributed by atoms with Gasteiger partial charge in [0.05, 0.1) is 7.11 Å². The van der Waals surface area contributed by atoms with Crippen LogP contribution in [0, 0.1) is 0 Å². The van der Waals surface area contributed by atoms with E-state index in [9.17, 15) is 0 Å². The molecule has 0 aliphatic carbocycles.